The van der Waals surface area contributed by atoms with E-state index in [-0.39, 0.29) is 12.4 Å². The topological polar surface area (TPSA) is 65.0 Å². The number of fused-ring (bicyclic) bond motifs is 1. The quantitative estimate of drug-likeness (QED) is 0.620. The van der Waals surface area contributed by atoms with Gasteiger partial charge in [-0.2, -0.15) is 0 Å². The largest absolute Gasteiger partial charge is 0.489 e. The van der Waals surface area contributed by atoms with Crippen LogP contribution in [0.3, 0.4) is 0 Å². The number of allylic oxidation sites excluding steroid dienone is 1. The van der Waals surface area contributed by atoms with Crippen LogP contribution in [0, 0.1) is 5.92 Å². The number of nitrogens with zero attached hydrogens (tertiary/aromatic N) is 1. The molecular formula is C26H27NO4. The first kappa shape index (κ1) is 21.0. The molecule has 1 saturated carbocycles. The minimum absolute atomic E-state index is 0.127. The Morgan fingerprint density at radius 3 is 2.55 bits per heavy atom. The van der Waals surface area contributed by atoms with Crippen molar-refractivity contribution in [1.29, 1.82) is 0 Å². The highest BCUT2D eigenvalue weighted by molar-refractivity contribution is 6.11. The summed E-state index contributed by atoms with van der Waals surface area (Å²) in [6.45, 7) is 4.28. The fourth-order valence-electron chi connectivity index (χ4n) is 4.53. The predicted molar refractivity (Wildman–Crippen MR) is 119 cm³/mol. The zero-order valence-electron chi connectivity index (χ0n) is 18.0. The van der Waals surface area contributed by atoms with Crippen LogP contribution in [0.15, 0.2) is 70.9 Å². The zero-order chi connectivity index (χ0) is 21.8. The highest BCUT2D eigenvalue weighted by Crippen LogP contribution is 2.45. The Hall–Kier alpha value is -3.21. The molecule has 2 aromatic carbocycles. The number of Topliss-reactive ketones (excluding diaryl/α,β-unsaturated/α-hetero) is 1. The normalized spacial score (nSPS) is 20.7. The summed E-state index contributed by atoms with van der Waals surface area (Å²) in [4.78, 5) is 30.7. The molecule has 0 N–H and O–H groups in total. The third kappa shape index (κ3) is 4.31. The lowest BCUT2D eigenvalue weighted by atomic mass is 9.69. The Balaban J connectivity index is 1.77. The first-order valence-electron chi connectivity index (χ1n) is 10.8. The zero-order valence-corrected chi connectivity index (χ0v) is 18.0. The fourth-order valence-corrected chi connectivity index (χ4v) is 4.53. The van der Waals surface area contributed by atoms with Crippen LogP contribution < -0.4 is 4.74 Å². The van der Waals surface area contributed by atoms with Crippen LogP contribution >= 0.6 is 0 Å². The van der Waals surface area contributed by atoms with E-state index < -0.39 is 17.8 Å². The number of rotatable bonds is 6. The number of aliphatic imine (C=N–C) groups is 1. The number of carbonyl (C=O) groups excluding carboxylic acids is 2. The smallest absolute Gasteiger partial charge is 0.336 e. The average molecular weight is 418 g/mol. The average Bonchev–Trinajstić information content (AvgIpc) is 2.78. The Morgan fingerprint density at radius 1 is 1.03 bits per heavy atom. The summed E-state index contributed by atoms with van der Waals surface area (Å²) in [5, 5.41) is 0. The lowest BCUT2D eigenvalue weighted by molar-refractivity contribution is -0.139. The maximum atomic E-state index is 13.0. The molecule has 2 aliphatic rings. The first-order chi connectivity index (χ1) is 15.1. The monoisotopic (exact) mass is 417 g/mol. The number of ether oxygens (including phenoxy) is 2. The molecule has 0 aromatic heterocycles. The number of hydrogen-bond acceptors (Lipinski definition) is 5. The highest BCUT2D eigenvalue weighted by atomic mass is 16.5. The molecule has 160 valence electrons. The van der Waals surface area contributed by atoms with Gasteiger partial charge in [-0.05, 0) is 38.3 Å². The van der Waals surface area contributed by atoms with E-state index in [2.05, 4.69) is 4.99 Å². The summed E-state index contributed by atoms with van der Waals surface area (Å²) in [6.07, 6.45) is 2.07. The van der Waals surface area contributed by atoms with Gasteiger partial charge in [0.05, 0.1) is 18.1 Å². The molecule has 5 heteroatoms. The van der Waals surface area contributed by atoms with Crippen molar-refractivity contribution in [2.75, 3.05) is 6.61 Å². The Bertz CT molecular complexity index is 1040. The van der Waals surface area contributed by atoms with Gasteiger partial charge >= 0.3 is 5.97 Å². The van der Waals surface area contributed by atoms with Gasteiger partial charge in [0.1, 0.15) is 18.1 Å². The van der Waals surface area contributed by atoms with E-state index in [1.54, 1.807) is 6.92 Å². The van der Waals surface area contributed by atoms with E-state index in [4.69, 9.17) is 9.47 Å². The van der Waals surface area contributed by atoms with Crippen molar-refractivity contribution < 1.29 is 19.1 Å². The van der Waals surface area contributed by atoms with Crippen LogP contribution in [-0.2, 0) is 20.9 Å². The second kappa shape index (κ2) is 9.29. The van der Waals surface area contributed by atoms with E-state index in [9.17, 15) is 9.59 Å². The molecule has 0 bridgehead atoms. The standard InChI is InChI=1S/C26H27NO4/c1-3-30-26(29)23-17(2)27-20-13-9-14-21(28)25(20)24(23)19-12-7-8-15-22(19)31-16-18-10-5-4-6-11-18/h4-8,10-12,15,24-25H,3,9,13-14,16H2,1-2H3. The van der Waals surface area contributed by atoms with E-state index in [0.717, 1.165) is 29.7 Å². The molecule has 0 saturated heterocycles. The van der Waals surface area contributed by atoms with E-state index in [1.165, 1.54) is 0 Å². The van der Waals surface area contributed by atoms with Crippen LogP contribution in [0.25, 0.3) is 0 Å². The number of hydrogen-bond donors (Lipinski definition) is 0. The summed E-state index contributed by atoms with van der Waals surface area (Å²) in [5.74, 6) is -0.513. The van der Waals surface area contributed by atoms with Gasteiger partial charge in [-0.3, -0.25) is 9.79 Å². The molecule has 2 unspecified atom stereocenters. The number of carbonyl (C=O) groups is 2. The summed E-state index contributed by atoms with van der Waals surface area (Å²) >= 11 is 0. The van der Waals surface area contributed by atoms with Gasteiger partial charge in [-0.15, -0.1) is 0 Å². The van der Waals surface area contributed by atoms with Gasteiger partial charge < -0.3 is 9.47 Å². The minimum Gasteiger partial charge on any atom is -0.489 e. The van der Waals surface area contributed by atoms with Crippen molar-refractivity contribution in [3.05, 3.63) is 77.0 Å². The number of benzene rings is 2. The molecule has 1 aliphatic heterocycles. The molecule has 31 heavy (non-hydrogen) atoms. The first-order valence-corrected chi connectivity index (χ1v) is 10.8. The maximum absolute atomic E-state index is 13.0. The highest BCUT2D eigenvalue weighted by Gasteiger charge is 2.44. The number of esters is 1. The summed E-state index contributed by atoms with van der Waals surface area (Å²) in [7, 11) is 0. The van der Waals surface area contributed by atoms with Crippen LogP contribution in [0.4, 0.5) is 0 Å². The third-order valence-corrected chi connectivity index (χ3v) is 5.89. The van der Waals surface area contributed by atoms with Gasteiger partial charge in [-0.1, -0.05) is 48.5 Å². The van der Waals surface area contributed by atoms with Crippen molar-refractivity contribution in [1.82, 2.24) is 0 Å². The van der Waals surface area contributed by atoms with Gasteiger partial charge in [0, 0.05) is 29.3 Å². The number of para-hydroxylation sites is 1. The molecular weight excluding hydrogens is 390 g/mol. The molecule has 1 heterocycles. The van der Waals surface area contributed by atoms with Gasteiger partial charge in [-0.25, -0.2) is 4.79 Å². The van der Waals surface area contributed by atoms with E-state index in [1.807, 2.05) is 61.5 Å². The molecule has 0 spiro atoms. The van der Waals surface area contributed by atoms with Gasteiger partial charge in [0.25, 0.3) is 0 Å². The van der Waals surface area contributed by atoms with Crippen LogP contribution in [0.1, 0.15) is 50.2 Å². The van der Waals surface area contributed by atoms with Crippen molar-refractivity contribution >= 4 is 17.5 Å². The molecule has 0 amide bonds. The minimum atomic E-state index is -0.452. The molecule has 2 atom stereocenters. The van der Waals surface area contributed by atoms with E-state index in [0.29, 0.717) is 30.0 Å². The lowest BCUT2D eigenvalue weighted by Gasteiger charge is -2.36. The second-order valence-electron chi connectivity index (χ2n) is 7.91. The molecule has 1 fully saturated rings. The SMILES string of the molecule is CCOC(=O)C1=C(C)N=C2CCCC(=O)C2C1c1ccccc1OCc1ccccc1. The number of ketones is 1. The van der Waals surface area contributed by atoms with Crippen molar-refractivity contribution in [3.8, 4) is 5.75 Å². The Morgan fingerprint density at radius 2 is 1.77 bits per heavy atom. The Labute approximate surface area is 182 Å². The maximum Gasteiger partial charge on any atom is 0.336 e. The van der Waals surface area contributed by atoms with Crippen molar-refractivity contribution in [2.24, 2.45) is 10.9 Å². The molecule has 1 aliphatic carbocycles. The Kier molecular flexibility index (Phi) is 6.31. The molecule has 5 nitrogen and oxygen atoms in total. The summed E-state index contributed by atoms with van der Waals surface area (Å²) < 4.78 is 11.6. The summed E-state index contributed by atoms with van der Waals surface area (Å²) in [6, 6.07) is 17.6. The second-order valence-corrected chi connectivity index (χ2v) is 7.91. The van der Waals surface area contributed by atoms with Crippen molar-refractivity contribution in [2.45, 2.75) is 45.6 Å². The van der Waals surface area contributed by atoms with Crippen LogP contribution in [-0.4, -0.2) is 24.1 Å². The lowest BCUT2D eigenvalue weighted by Crippen LogP contribution is -2.39. The van der Waals surface area contributed by atoms with Crippen LogP contribution in [0.5, 0.6) is 5.75 Å². The fraction of sp³-hybridized carbons (Fsp3) is 0.346. The van der Waals surface area contributed by atoms with Crippen LogP contribution in [0.2, 0.25) is 0 Å². The third-order valence-electron chi connectivity index (χ3n) is 5.89. The predicted octanol–water partition coefficient (Wildman–Crippen LogP) is 5.01. The molecule has 2 aromatic rings. The molecule has 4 rings (SSSR count). The van der Waals surface area contributed by atoms with Gasteiger partial charge in [0.2, 0.25) is 0 Å². The van der Waals surface area contributed by atoms with Crippen molar-refractivity contribution in [3.63, 3.8) is 0 Å². The molecule has 0 radical (unpaired) electrons. The van der Waals surface area contributed by atoms with Gasteiger partial charge in [0.15, 0.2) is 0 Å². The van der Waals surface area contributed by atoms with E-state index >= 15 is 0 Å². The summed E-state index contributed by atoms with van der Waals surface area (Å²) in [5.41, 5.74) is 3.83.